The van der Waals surface area contributed by atoms with E-state index < -0.39 is 17.8 Å². The molecule has 1 N–H and O–H groups in total. The molecule has 8 nitrogen and oxygen atoms in total. The fourth-order valence-corrected chi connectivity index (χ4v) is 2.94. The average molecular weight is 405 g/mol. The Hall–Kier alpha value is -3.26. The molecule has 1 saturated heterocycles. The van der Waals surface area contributed by atoms with Gasteiger partial charge in [0.05, 0.1) is 31.5 Å². The zero-order valence-electron chi connectivity index (χ0n) is 15.2. The van der Waals surface area contributed by atoms with E-state index in [0.717, 1.165) is 4.90 Å². The van der Waals surface area contributed by atoms with E-state index in [9.17, 15) is 14.4 Å². The predicted octanol–water partition coefficient (Wildman–Crippen LogP) is 3.00. The summed E-state index contributed by atoms with van der Waals surface area (Å²) in [7, 11) is 1.45. The highest BCUT2D eigenvalue weighted by Gasteiger charge is 2.36. The van der Waals surface area contributed by atoms with Crippen LogP contribution in [-0.4, -0.2) is 36.5 Å². The van der Waals surface area contributed by atoms with Crippen molar-refractivity contribution in [2.24, 2.45) is 0 Å². The number of methoxy groups -OCH3 is 1. The van der Waals surface area contributed by atoms with Crippen LogP contribution in [-0.2, 0) is 16.1 Å². The third-order valence-corrected chi connectivity index (χ3v) is 4.21. The summed E-state index contributed by atoms with van der Waals surface area (Å²) in [6.45, 7) is 2.10. The van der Waals surface area contributed by atoms with Gasteiger partial charge in [-0.3, -0.25) is 19.8 Å². The summed E-state index contributed by atoms with van der Waals surface area (Å²) in [6, 6.07) is 5.56. The van der Waals surface area contributed by atoms with Crippen molar-refractivity contribution in [2.45, 2.75) is 13.5 Å². The zero-order valence-corrected chi connectivity index (χ0v) is 15.9. The van der Waals surface area contributed by atoms with E-state index >= 15 is 0 Å². The summed E-state index contributed by atoms with van der Waals surface area (Å²) in [6.07, 6.45) is 2.77. The van der Waals surface area contributed by atoms with Crippen molar-refractivity contribution in [3.05, 3.63) is 52.4 Å². The van der Waals surface area contributed by atoms with Crippen LogP contribution in [0.4, 0.5) is 4.79 Å². The minimum Gasteiger partial charge on any atom is -0.493 e. The van der Waals surface area contributed by atoms with Crippen molar-refractivity contribution >= 4 is 35.5 Å². The Morgan fingerprint density at radius 1 is 1.29 bits per heavy atom. The van der Waals surface area contributed by atoms with E-state index in [1.807, 2.05) is 0 Å². The topological polar surface area (TPSA) is 98.1 Å². The predicted molar refractivity (Wildman–Crippen MR) is 99.9 cm³/mol. The van der Waals surface area contributed by atoms with Gasteiger partial charge in [-0.05, 0) is 42.8 Å². The number of ether oxygens (including phenoxy) is 2. The number of furan rings is 1. The molecule has 9 heteroatoms. The lowest BCUT2D eigenvalue weighted by Gasteiger charge is -2.25. The largest absolute Gasteiger partial charge is 0.493 e. The molecule has 0 aliphatic carbocycles. The highest BCUT2D eigenvalue weighted by molar-refractivity contribution is 6.33. The summed E-state index contributed by atoms with van der Waals surface area (Å²) < 4.78 is 15.9. The Morgan fingerprint density at radius 2 is 2.07 bits per heavy atom. The van der Waals surface area contributed by atoms with Crippen molar-refractivity contribution < 1.29 is 28.3 Å². The quantitative estimate of drug-likeness (QED) is 0.587. The van der Waals surface area contributed by atoms with Crippen molar-refractivity contribution in [1.29, 1.82) is 0 Å². The number of urea groups is 1. The lowest BCUT2D eigenvalue weighted by molar-refractivity contribution is -0.130. The van der Waals surface area contributed by atoms with Crippen molar-refractivity contribution in [2.75, 3.05) is 13.7 Å². The molecule has 28 heavy (non-hydrogen) atoms. The van der Waals surface area contributed by atoms with Crippen LogP contribution in [0.2, 0.25) is 5.02 Å². The first-order chi connectivity index (χ1) is 13.4. The minimum absolute atomic E-state index is 0.102. The second-order valence-electron chi connectivity index (χ2n) is 5.76. The molecule has 0 saturated carbocycles. The summed E-state index contributed by atoms with van der Waals surface area (Å²) in [5.74, 6) is -0.414. The first-order valence-electron chi connectivity index (χ1n) is 8.36. The molecule has 1 fully saturated rings. The number of nitrogens with zero attached hydrogens (tertiary/aromatic N) is 1. The Kier molecular flexibility index (Phi) is 5.70. The molecule has 0 spiro atoms. The van der Waals surface area contributed by atoms with Gasteiger partial charge >= 0.3 is 6.03 Å². The van der Waals surface area contributed by atoms with Crippen LogP contribution >= 0.6 is 11.6 Å². The molecule has 2 aromatic rings. The van der Waals surface area contributed by atoms with Gasteiger partial charge in [0.15, 0.2) is 11.5 Å². The summed E-state index contributed by atoms with van der Waals surface area (Å²) in [5, 5.41) is 2.41. The maximum absolute atomic E-state index is 12.7. The van der Waals surface area contributed by atoms with Crippen molar-refractivity contribution in [1.82, 2.24) is 10.2 Å². The van der Waals surface area contributed by atoms with Gasteiger partial charge in [0.2, 0.25) is 0 Å². The van der Waals surface area contributed by atoms with Crippen LogP contribution < -0.4 is 14.8 Å². The number of hydrogen-bond donors (Lipinski definition) is 1. The van der Waals surface area contributed by atoms with E-state index in [0.29, 0.717) is 29.4 Å². The first kappa shape index (κ1) is 19.5. The van der Waals surface area contributed by atoms with Crippen LogP contribution in [0.3, 0.4) is 0 Å². The van der Waals surface area contributed by atoms with E-state index in [2.05, 4.69) is 5.32 Å². The monoisotopic (exact) mass is 404 g/mol. The Morgan fingerprint density at radius 3 is 2.71 bits per heavy atom. The van der Waals surface area contributed by atoms with Gasteiger partial charge < -0.3 is 13.9 Å². The van der Waals surface area contributed by atoms with Crippen molar-refractivity contribution in [3.8, 4) is 11.5 Å². The molecule has 4 amide bonds. The number of carbonyl (C=O) groups excluding carboxylic acids is 3. The molecule has 3 rings (SSSR count). The highest BCUT2D eigenvalue weighted by Crippen LogP contribution is 2.37. The first-order valence-corrected chi connectivity index (χ1v) is 8.74. The number of carbonyl (C=O) groups is 3. The maximum atomic E-state index is 12.7. The third kappa shape index (κ3) is 3.86. The molecule has 2 heterocycles. The van der Waals surface area contributed by atoms with Gasteiger partial charge in [-0.25, -0.2) is 4.79 Å². The van der Waals surface area contributed by atoms with E-state index in [-0.39, 0.29) is 17.1 Å². The zero-order chi connectivity index (χ0) is 20.3. The molecule has 0 unspecified atom stereocenters. The molecule has 0 atom stereocenters. The lowest BCUT2D eigenvalue weighted by atomic mass is 10.1. The molecule has 0 bridgehead atoms. The highest BCUT2D eigenvalue weighted by atomic mass is 35.5. The molecule has 0 radical (unpaired) electrons. The maximum Gasteiger partial charge on any atom is 0.331 e. The number of rotatable bonds is 6. The molecule has 1 aliphatic rings. The fourth-order valence-electron chi connectivity index (χ4n) is 2.67. The summed E-state index contributed by atoms with van der Waals surface area (Å²) >= 11 is 6.23. The molecular weight excluding hydrogens is 388 g/mol. The van der Waals surface area contributed by atoms with Gasteiger partial charge in [-0.15, -0.1) is 0 Å². The molecule has 1 aromatic heterocycles. The van der Waals surface area contributed by atoms with E-state index in [4.69, 9.17) is 25.5 Å². The number of amides is 4. The normalized spacial score (nSPS) is 15.8. The summed E-state index contributed by atoms with van der Waals surface area (Å²) in [5.41, 5.74) is 0.226. The minimum atomic E-state index is -0.814. The molecule has 1 aliphatic heterocycles. The Labute approximate surface area is 165 Å². The van der Waals surface area contributed by atoms with Gasteiger partial charge in [-0.2, -0.15) is 0 Å². The van der Waals surface area contributed by atoms with Gasteiger partial charge in [0.25, 0.3) is 11.8 Å². The van der Waals surface area contributed by atoms with Gasteiger partial charge in [-0.1, -0.05) is 11.6 Å². The number of hydrogen-bond acceptors (Lipinski definition) is 6. The molecular formula is C19H17ClN2O6. The summed E-state index contributed by atoms with van der Waals surface area (Å²) in [4.78, 5) is 37.9. The SMILES string of the molecule is CCOc1c(Cl)cc(/C=C2\C(=O)NC(=O)N(Cc3ccco3)C2=O)cc1OC. The number of nitrogens with one attached hydrogen (secondary N) is 1. The average Bonchev–Trinajstić information content (AvgIpc) is 3.17. The van der Waals surface area contributed by atoms with Crippen LogP contribution in [0, 0.1) is 0 Å². The molecule has 1 aromatic carbocycles. The number of barbiturate groups is 1. The fraction of sp³-hybridized carbons (Fsp3) is 0.211. The van der Waals surface area contributed by atoms with Crippen LogP contribution in [0.5, 0.6) is 11.5 Å². The second kappa shape index (κ2) is 8.18. The van der Waals surface area contributed by atoms with E-state index in [1.54, 1.807) is 25.1 Å². The second-order valence-corrected chi connectivity index (χ2v) is 6.16. The lowest BCUT2D eigenvalue weighted by Crippen LogP contribution is -2.53. The van der Waals surface area contributed by atoms with Crippen LogP contribution in [0.1, 0.15) is 18.2 Å². The van der Waals surface area contributed by atoms with Crippen molar-refractivity contribution in [3.63, 3.8) is 0 Å². The Bertz CT molecular complexity index is 952. The number of halogens is 1. The Balaban J connectivity index is 1.95. The molecule has 146 valence electrons. The third-order valence-electron chi connectivity index (χ3n) is 3.93. The van der Waals surface area contributed by atoms with E-state index in [1.165, 1.54) is 25.5 Å². The number of imide groups is 2. The smallest absolute Gasteiger partial charge is 0.331 e. The standard InChI is InChI=1S/C19H17ClN2O6/c1-3-27-16-14(20)8-11(9-15(16)26-2)7-13-17(23)21-19(25)22(18(13)24)10-12-5-4-6-28-12/h4-9H,3,10H2,1-2H3,(H,21,23,25)/b13-7+. The van der Waals surface area contributed by atoms with Gasteiger partial charge in [0.1, 0.15) is 11.3 Å². The number of benzene rings is 1. The van der Waals surface area contributed by atoms with Gasteiger partial charge in [0, 0.05) is 0 Å². The van der Waals surface area contributed by atoms with Crippen LogP contribution in [0.25, 0.3) is 6.08 Å². The van der Waals surface area contributed by atoms with Crippen LogP contribution in [0.15, 0.2) is 40.5 Å².